The third kappa shape index (κ3) is 5.27. The minimum absolute atomic E-state index is 0.0547. The highest BCUT2D eigenvalue weighted by molar-refractivity contribution is 7.15. The lowest BCUT2D eigenvalue weighted by atomic mass is 9.96. The summed E-state index contributed by atoms with van der Waals surface area (Å²) in [6.45, 7) is 11.6. The number of methoxy groups -OCH3 is 1. The van der Waals surface area contributed by atoms with E-state index in [0.717, 1.165) is 49.7 Å². The molecule has 0 saturated heterocycles. The fourth-order valence-electron chi connectivity index (χ4n) is 5.24. The molecule has 9 nitrogen and oxygen atoms in total. The molecule has 4 heterocycles. The molecule has 5 aromatic rings. The molecule has 0 amide bonds. The normalized spacial score (nSPS) is 14.6. The van der Waals surface area contributed by atoms with Gasteiger partial charge in [-0.2, -0.15) is 0 Å². The molecule has 3 aromatic heterocycles. The van der Waals surface area contributed by atoms with E-state index in [2.05, 4.69) is 24.0 Å². The van der Waals surface area contributed by atoms with Gasteiger partial charge >= 0.3 is 11.9 Å². The monoisotopic (exact) mass is 596 g/mol. The molecule has 1 atom stereocenters. The highest BCUT2D eigenvalue weighted by atomic mass is 32.1. The Kier molecular flexibility index (Phi) is 7.04. The topological polar surface area (TPSA) is 109 Å². The molecule has 1 aliphatic heterocycles. The number of furan rings is 1. The van der Waals surface area contributed by atoms with Crippen molar-refractivity contribution in [2.75, 3.05) is 7.11 Å². The number of fused-ring (bicyclic) bond motifs is 4. The lowest BCUT2D eigenvalue weighted by molar-refractivity contribution is -0.141. The number of hydrogen-bond acceptors (Lipinski definition) is 9. The summed E-state index contributed by atoms with van der Waals surface area (Å²) in [7, 11) is 1.38. The molecule has 0 radical (unpaired) electrons. The van der Waals surface area contributed by atoms with E-state index in [9.17, 15) is 9.59 Å². The Labute approximate surface area is 253 Å². The lowest BCUT2D eigenvalue weighted by Gasteiger charge is -2.18. The zero-order valence-corrected chi connectivity index (χ0v) is 26.0. The first-order valence-electron chi connectivity index (χ1n) is 14.0. The van der Waals surface area contributed by atoms with Crippen LogP contribution in [0.1, 0.15) is 77.0 Å². The number of nitrogens with zero attached hydrogens (tertiary/aromatic N) is 4. The first-order chi connectivity index (χ1) is 20.4. The number of hydrogen-bond donors (Lipinski definition) is 0. The van der Waals surface area contributed by atoms with Gasteiger partial charge in [0.25, 0.3) is 0 Å². The van der Waals surface area contributed by atoms with Gasteiger partial charge in [-0.25, -0.2) is 4.79 Å². The Morgan fingerprint density at radius 2 is 1.67 bits per heavy atom. The Bertz CT molecular complexity index is 1920. The third-order valence-corrected chi connectivity index (χ3v) is 8.63. The van der Waals surface area contributed by atoms with Gasteiger partial charge in [0.1, 0.15) is 28.1 Å². The number of carbonyl (C=O) groups is 2. The molecule has 6 rings (SSSR count). The quantitative estimate of drug-likeness (QED) is 0.200. The molecular weight excluding hydrogens is 564 g/mol. The van der Waals surface area contributed by atoms with E-state index in [1.54, 1.807) is 17.4 Å². The summed E-state index contributed by atoms with van der Waals surface area (Å²) >= 11 is 1.67. The van der Waals surface area contributed by atoms with Crippen LogP contribution < -0.4 is 0 Å². The van der Waals surface area contributed by atoms with E-state index in [4.69, 9.17) is 18.9 Å². The van der Waals surface area contributed by atoms with Crippen LogP contribution in [0.2, 0.25) is 0 Å². The van der Waals surface area contributed by atoms with E-state index in [0.29, 0.717) is 11.4 Å². The van der Waals surface area contributed by atoms with Crippen molar-refractivity contribution >= 4 is 40.0 Å². The summed E-state index contributed by atoms with van der Waals surface area (Å²) in [6, 6.07) is 15.2. The van der Waals surface area contributed by atoms with Gasteiger partial charge in [0.15, 0.2) is 5.82 Å². The number of ether oxygens (including phenoxy) is 2. The first kappa shape index (κ1) is 28.5. The van der Waals surface area contributed by atoms with E-state index >= 15 is 0 Å². The minimum atomic E-state index is -0.610. The van der Waals surface area contributed by atoms with Crippen LogP contribution in [0, 0.1) is 20.8 Å². The molecule has 0 unspecified atom stereocenters. The smallest absolute Gasteiger partial charge is 0.374 e. The molecule has 0 N–H and O–H groups in total. The largest absolute Gasteiger partial charge is 0.469 e. The van der Waals surface area contributed by atoms with Gasteiger partial charge < -0.3 is 13.9 Å². The van der Waals surface area contributed by atoms with Crippen molar-refractivity contribution in [2.24, 2.45) is 4.99 Å². The first-order valence-corrected chi connectivity index (χ1v) is 14.8. The Morgan fingerprint density at radius 3 is 2.37 bits per heavy atom. The number of benzene rings is 2. The van der Waals surface area contributed by atoms with Crippen LogP contribution in [0.5, 0.6) is 0 Å². The van der Waals surface area contributed by atoms with Crippen LogP contribution in [0.25, 0.3) is 27.1 Å². The Balaban J connectivity index is 1.39. The summed E-state index contributed by atoms with van der Waals surface area (Å²) in [5.74, 6) is 0.682. The van der Waals surface area contributed by atoms with Crippen molar-refractivity contribution in [3.63, 3.8) is 0 Å². The van der Waals surface area contributed by atoms with Gasteiger partial charge in [-0.3, -0.25) is 14.4 Å². The number of aryl methyl sites for hydroxylation is 2. The zero-order valence-electron chi connectivity index (χ0n) is 25.1. The SMILES string of the molecule is COC(=O)C[C@@H]1N=C(c2ccc(-c3ccc4oc(C(=O)OC(C)(C)C)cc4c3)cc2)c2c(sc(C)c2C)-n2c(C)nnc21. The average Bonchev–Trinajstić information content (AvgIpc) is 3.62. The van der Waals surface area contributed by atoms with Gasteiger partial charge in [0.2, 0.25) is 5.76 Å². The Morgan fingerprint density at radius 1 is 0.977 bits per heavy atom. The number of aromatic nitrogens is 3. The summed E-state index contributed by atoms with van der Waals surface area (Å²) in [5, 5.41) is 10.6. The third-order valence-electron chi connectivity index (χ3n) is 7.44. The number of rotatable bonds is 5. The van der Waals surface area contributed by atoms with E-state index in [1.165, 1.54) is 12.0 Å². The summed E-state index contributed by atoms with van der Waals surface area (Å²) < 4.78 is 18.2. The predicted octanol–water partition coefficient (Wildman–Crippen LogP) is 7.08. The maximum absolute atomic E-state index is 12.5. The van der Waals surface area contributed by atoms with Crippen LogP contribution in [0.4, 0.5) is 0 Å². The Hall–Kier alpha value is -4.57. The maximum atomic E-state index is 12.5. The van der Waals surface area contributed by atoms with Crippen LogP contribution in [0.15, 0.2) is 57.9 Å². The molecule has 1 aliphatic rings. The van der Waals surface area contributed by atoms with Crippen molar-refractivity contribution in [3.8, 4) is 16.1 Å². The van der Waals surface area contributed by atoms with Gasteiger partial charge in [-0.1, -0.05) is 30.3 Å². The lowest BCUT2D eigenvalue weighted by Crippen LogP contribution is -2.23. The van der Waals surface area contributed by atoms with Crippen LogP contribution in [-0.4, -0.2) is 45.1 Å². The van der Waals surface area contributed by atoms with E-state index in [1.807, 2.05) is 74.7 Å². The second-order valence-electron chi connectivity index (χ2n) is 11.6. The number of aliphatic imine (C=N–C) groups is 1. The fourth-order valence-corrected chi connectivity index (χ4v) is 6.45. The average molecular weight is 597 g/mol. The van der Waals surface area contributed by atoms with Gasteiger partial charge in [0, 0.05) is 21.4 Å². The predicted molar refractivity (Wildman–Crippen MR) is 165 cm³/mol. The summed E-state index contributed by atoms with van der Waals surface area (Å²) in [4.78, 5) is 31.2. The molecule has 0 bridgehead atoms. The zero-order chi connectivity index (χ0) is 30.6. The minimum Gasteiger partial charge on any atom is -0.469 e. The van der Waals surface area contributed by atoms with E-state index in [-0.39, 0.29) is 18.2 Å². The van der Waals surface area contributed by atoms with Crippen LogP contribution in [-0.2, 0) is 14.3 Å². The van der Waals surface area contributed by atoms with Crippen LogP contribution >= 0.6 is 11.3 Å². The van der Waals surface area contributed by atoms with Crippen molar-refractivity contribution in [3.05, 3.63) is 87.5 Å². The standard InChI is InChI=1S/C33H32N4O5S/c1-17-18(2)43-31-28(17)29(34-24(16-27(38)40-7)30-36-35-19(3)37(30)31)21-10-8-20(9-11-21)22-12-13-25-23(14-22)15-26(41-25)32(39)42-33(4,5)6/h8-15,24H,16H2,1-7H3/t24-/m0/s1. The van der Waals surface area contributed by atoms with Crippen molar-refractivity contribution in [2.45, 2.75) is 59.6 Å². The number of thiophene rings is 1. The summed E-state index contributed by atoms with van der Waals surface area (Å²) in [6.07, 6.45) is 0.0547. The molecule has 220 valence electrons. The van der Waals surface area contributed by atoms with Crippen LogP contribution in [0.3, 0.4) is 0 Å². The van der Waals surface area contributed by atoms with E-state index < -0.39 is 17.6 Å². The van der Waals surface area contributed by atoms with Crippen molar-refractivity contribution in [1.82, 2.24) is 14.8 Å². The molecule has 10 heteroatoms. The molecule has 2 aromatic carbocycles. The number of esters is 2. The fraction of sp³-hybridized carbons (Fsp3) is 0.303. The highest BCUT2D eigenvalue weighted by Crippen LogP contribution is 2.40. The molecule has 0 aliphatic carbocycles. The highest BCUT2D eigenvalue weighted by Gasteiger charge is 2.32. The summed E-state index contributed by atoms with van der Waals surface area (Å²) in [5.41, 5.74) is 5.85. The van der Waals surface area contributed by atoms with Gasteiger partial charge in [-0.05, 0) is 76.4 Å². The second kappa shape index (κ2) is 10.6. The second-order valence-corrected chi connectivity index (χ2v) is 12.8. The van der Waals surface area contributed by atoms with Crippen molar-refractivity contribution in [1.29, 1.82) is 0 Å². The van der Waals surface area contributed by atoms with Gasteiger partial charge in [0.05, 0.1) is 19.2 Å². The molecule has 0 spiro atoms. The van der Waals surface area contributed by atoms with Gasteiger partial charge in [-0.15, -0.1) is 21.5 Å². The molecule has 0 fully saturated rings. The maximum Gasteiger partial charge on any atom is 0.374 e. The molecule has 43 heavy (non-hydrogen) atoms. The number of carbonyl (C=O) groups excluding carboxylic acids is 2. The molecular formula is C33H32N4O5S. The van der Waals surface area contributed by atoms with Crippen molar-refractivity contribution < 1.29 is 23.5 Å². The molecule has 0 saturated carbocycles.